The van der Waals surface area contributed by atoms with E-state index < -0.39 is 12.2 Å². The van der Waals surface area contributed by atoms with Crippen LogP contribution in [0.1, 0.15) is 41.5 Å². The minimum absolute atomic E-state index is 0. The van der Waals surface area contributed by atoms with Gasteiger partial charge in [-0.1, -0.05) is 27.7 Å². The van der Waals surface area contributed by atoms with Crippen LogP contribution in [0.4, 0.5) is 0 Å². The molecule has 0 saturated carbocycles. The summed E-state index contributed by atoms with van der Waals surface area (Å²) in [6, 6.07) is 0. The summed E-state index contributed by atoms with van der Waals surface area (Å²) in [5.74, 6) is 0. The Balaban J connectivity index is -0.0000000270. The van der Waals surface area contributed by atoms with Crippen molar-refractivity contribution in [3.05, 3.63) is 0 Å². The summed E-state index contributed by atoms with van der Waals surface area (Å²) in [6.07, 6.45) is -1.00. The van der Waals surface area contributed by atoms with Gasteiger partial charge < -0.3 is 20.8 Å². The summed E-state index contributed by atoms with van der Waals surface area (Å²) < 4.78 is 0. The molecule has 0 atom stereocenters. The van der Waals surface area contributed by atoms with E-state index in [4.69, 9.17) is 5.11 Å². The Labute approximate surface area is 98.4 Å². The first-order valence-corrected chi connectivity index (χ1v) is 4.19. The molecule has 14 heavy (non-hydrogen) atoms. The second-order valence-corrected chi connectivity index (χ2v) is 3.19. The Kier molecular flexibility index (Phi) is 48.7. The minimum atomic E-state index is -0.417. The number of aliphatic hydroxyl groups is 1. The van der Waals surface area contributed by atoms with Crippen LogP contribution in [-0.4, -0.2) is 46.3 Å². The van der Waals surface area contributed by atoms with Gasteiger partial charge in [0.1, 0.15) is 0 Å². The fourth-order valence-corrected chi connectivity index (χ4v) is 0. The van der Waals surface area contributed by atoms with Gasteiger partial charge in [0, 0.05) is 6.10 Å². The molecule has 0 aromatic heterocycles. The predicted octanol–water partition coefficient (Wildman–Crippen LogP) is -0.660. The van der Waals surface area contributed by atoms with Crippen LogP contribution in [0.25, 0.3) is 0 Å². The van der Waals surface area contributed by atoms with Crippen LogP contribution >= 0.6 is 0 Å². The van der Waals surface area contributed by atoms with Crippen LogP contribution in [-0.2, 0) is 0 Å². The molecule has 0 unspecified atom stereocenters. The van der Waals surface area contributed by atoms with Crippen LogP contribution in [0.3, 0.4) is 0 Å². The van der Waals surface area contributed by atoms with E-state index in [1.165, 1.54) is 0 Å². The van der Waals surface area contributed by atoms with Gasteiger partial charge in [-0.2, -0.15) is 0 Å². The molecular formula is C9H23AlO4. The normalized spacial score (nSPS) is 7.71. The van der Waals surface area contributed by atoms with E-state index in [0.29, 0.717) is 0 Å². The number of hydrogen-bond acceptors (Lipinski definition) is 4. The van der Waals surface area contributed by atoms with Crippen molar-refractivity contribution in [3.63, 3.8) is 0 Å². The monoisotopic (exact) mass is 222 g/mol. The van der Waals surface area contributed by atoms with Crippen LogP contribution in [0, 0.1) is 0 Å². The molecule has 0 saturated heterocycles. The fourth-order valence-electron chi connectivity index (χ4n) is 0. The Morgan fingerprint density at radius 1 is 0.786 bits per heavy atom. The van der Waals surface area contributed by atoms with Crippen molar-refractivity contribution in [3.8, 4) is 0 Å². The molecule has 0 fully saturated rings. The molecule has 0 bridgehead atoms. The molecule has 0 aliphatic heterocycles. The molecule has 5 heteroatoms. The molecule has 0 amide bonds. The van der Waals surface area contributed by atoms with Gasteiger partial charge in [0.25, 0.3) is 0 Å². The molecule has 0 spiro atoms. The quantitative estimate of drug-likeness (QED) is 0.550. The maximum absolute atomic E-state index is 9.53. The average Bonchev–Trinajstić information content (AvgIpc) is 1.54. The molecule has 0 aromatic rings. The Bertz CT molecular complexity index is 45.3. The number of hydrogen-bond donors (Lipinski definition) is 1. The molecule has 0 aliphatic carbocycles. The molecule has 4 nitrogen and oxygen atoms in total. The first kappa shape index (κ1) is 29.3. The topological polar surface area (TPSA) is 96.3 Å². The van der Waals surface area contributed by atoms with E-state index in [2.05, 4.69) is 0 Å². The van der Waals surface area contributed by atoms with E-state index in [1.54, 1.807) is 41.5 Å². The van der Waals surface area contributed by atoms with Crippen molar-refractivity contribution < 1.29 is 20.8 Å². The summed E-state index contributed by atoms with van der Waals surface area (Å²) in [5, 5.41) is 27.1. The Morgan fingerprint density at radius 2 is 0.786 bits per heavy atom. The van der Waals surface area contributed by atoms with Crippen molar-refractivity contribution in [2.24, 2.45) is 0 Å². The van der Waals surface area contributed by atoms with Crippen molar-refractivity contribution in [2.75, 3.05) is 0 Å². The van der Waals surface area contributed by atoms with E-state index in [9.17, 15) is 10.2 Å². The number of aliphatic hydroxyl groups excluding tert-OH is 1. The summed E-state index contributed by atoms with van der Waals surface area (Å²) in [4.78, 5) is 0. The van der Waals surface area contributed by atoms with Crippen molar-refractivity contribution in [2.45, 2.75) is 59.9 Å². The van der Waals surface area contributed by atoms with Gasteiger partial charge in [-0.25, -0.2) is 0 Å². The summed E-state index contributed by atoms with van der Waals surface area (Å²) in [7, 11) is 0. The van der Waals surface area contributed by atoms with E-state index in [1.807, 2.05) is 0 Å². The van der Waals surface area contributed by atoms with Crippen LogP contribution < -0.4 is 10.2 Å². The minimum Gasteiger partial charge on any atom is -0.870 e. The fraction of sp³-hybridized carbons (Fsp3) is 1.00. The predicted molar refractivity (Wildman–Crippen MR) is 55.3 cm³/mol. The molecule has 0 radical (unpaired) electrons. The third kappa shape index (κ3) is 11500. The van der Waals surface area contributed by atoms with Gasteiger partial charge in [0.15, 0.2) is 0 Å². The van der Waals surface area contributed by atoms with E-state index >= 15 is 0 Å². The van der Waals surface area contributed by atoms with Crippen molar-refractivity contribution in [1.29, 1.82) is 0 Å². The smallest absolute Gasteiger partial charge is 0.870 e. The van der Waals surface area contributed by atoms with Crippen molar-refractivity contribution >= 4 is 17.4 Å². The summed E-state index contributed by atoms with van der Waals surface area (Å²) in [6.45, 7) is 9.89. The maximum Gasteiger partial charge on any atom is 3.00 e. The van der Waals surface area contributed by atoms with Crippen LogP contribution in [0.2, 0.25) is 0 Å². The third-order valence-electron chi connectivity index (χ3n) is 0. The third-order valence-corrected chi connectivity index (χ3v) is 0. The van der Waals surface area contributed by atoms with Gasteiger partial charge in [-0.15, -0.1) is 12.2 Å². The van der Waals surface area contributed by atoms with Gasteiger partial charge in [0.2, 0.25) is 0 Å². The SMILES string of the molecule is CC(C)O.CC(C)[O-].CC(C)[O-].[Al+3].[OH-]. The zero-order valence-corrected chi connectivity index (χ0v) is 11.2. The first-order valence-electron chi connectivity index (χ1n) is 4.19. The van der Waals surface area contributed by atoms with Crippen molar-refractivity contribution in [1.82, 2.24) is 0 Å². The summed E-state index contributed by atoms with van der Waals surface area (Å²) in [5.41, 5.74) is 0. The summed E-state index contributed by atoms with van der Waals surface area (Å²) >= 11 is 0. The zero-order valence-electron chi connectivity index (χ0n) is 10.0. The zero-order chi connectivity index (χ0) is 10.7. The Morgan fingerprint density at radius 3 is 0.786 bits per heavy atom. The number of rotatable bonds is 0. The maximum atomic E-state index is 9.53. The van der Waals surface area contributed by atoms with Crippen LogP contribution in [0.5, 0.6) is 0 Å². The standard InChI is InChI=1S/C3H8O.2C3H7O.Al.H2O/c3*1-3(2)4;;/h3-4H,1-2H3;2*3H,1-2H3;;1H2/q;2*-1;+3;/p-1. The molecule has 2 N–H and O–H groups in total. The molecule has 0 aromatic carbocycles. The first-order chi connectivity index (χ1) is 5.20. The van der Waals surface area contributed by atoms with E-state index in [-0.39, 0.29) is 28.9 Å². The van der Waals surface area contributed by atoms with E-state index in [0.717, 1.165) is 0 Å². The largest absolute Gasteiger partial charge is 3.00 e. The average molecular weight is 222 g/mol. The molecule has 0 aliphatic rings. The van der Waals surface area contributed by atoms with Gasteiger partial charge in [-0.3, -0.25) is 0 Å². The van der Waals surface area contributed by atoms with Gasteiger partial charge in [-0.05, 0) is 13.8 Å². The second kappa shape index (κ2) is 23.3. The molecular weight excluding hydrogens is 199 g/mol. The van der Waals surface area contributed by atoms with Gasteiger partial charge >= 0.3 is 17.4 Å². The van der Waals surface area contributed by atoms with Crippen LogP contribution in [0.15, 0.2) is 0 Å². The Hall–Kier alpha value is 0.372. The molecule has 0 heterocycles. The second-order valence-electron chi connectivity index (χ2n) is 3.19. The molecule has 86 valence electrons. The molecule has 0 rings (SSSR count). The van der Waals surface area contributed by atoms with Gasteiger partial charge in [0.05, 0.1) is 0 Å².